The molecule has 0 amide bonds. The molecule has 2 aromatic rings. The molecule has 0 N–H and O–H groups in total. The van der Waals surface area contributed by atoms with Crippen LogP contribution in [0.1, 0.15) is 23.9 Å². The minimum Gasteiger partial charge on any atom is -0.493 e. The van der Waals surface area contributed by atoms with Gasteiger partial charge in [0.15, 0.2) is 0 Å². The molecule has 2 heterocycles. The number of ether oxygens (including phenoxy) is 1. The molecule has 0 aliphatic carbocycles. The average Bonchev–Trinajstić information content (AvgIpc) is 2.96. The van der Waals surface area contributed by atoms with E-state index in [1.165, 1.54) is 11.1 Å². The summed E-state index contributed by atoms with van der Waals surface area (Å²) in [5, 5.41) is 0. The van der Waals surface area contributed by atoms with Gasteiger partial charge >= 0.3 is 0 Å². The molecule has 1 aliphatic heterocycles. The van der Waals surface area contributed by atoms with Gasteiger partial charge in [0.05, 0.1) is 13.2 Å². The molecule has 0 unspecified atom stereocenters. The molecule has 0 fully saturated rings. The number of nitrogens with zero attached hydrogens (tertiary/aromatic N) is 2. The van der Waals surface area contributed by atoms with Crippen LogP contribution >= 0.6 is 15.9 Å². The van der Waals surface area contributed by atoms with Crippen LogP contribution in [0, 0.1) is 0 Å². The first-order chi connectivity index (χ1) is 8.78. The van der Waals surface area contributed by atoms with E-state index < -0.39 is 0 Å². The number of benzene rings is 1. The Labute approximate surface area is 115 Å². The van der Waals surface area contributed by atoms with Crippen LogP contribution in [0.2, 0.25) is 0 Å². The molecular formula is C14H15BrN2O. The summed E-state index contributed by atoms with van der Waals surface area (Å²) in [6.07, 6.45) is 5.84. The van der Waals surface area contributed by atoms with Gasteiger partial charge < -0.3 is 9.30 Å². The van der Waals surface area contributed by atoms with Crippen molar-refractivity contribution in [3.8, 4) is 5.75 Å². The van der Waals surface area contributed by atoms with Crippen molar-refractivity contribution >= 4 is 15.9 Å². The number of aromatic nitrogens is 2. The SMILES string of the molecule is CCc1nccn1Cc1cc(Br)cc2c1OCC2. The Morgan fingerprint density at radius 2 is 2.33 bits per heavy atom. The molecule has 0 bridgehead atoms. The molecule has 1 aromatic carbocycles. The number of halogens is 1. The lowest BCUT2D eigenvalue weighted by atomic mass is 10.1. The second kappa shape index (κ2) is 4.76. The minimum atomic E-state index is 0.795. The van der Waals surface area contributed by atoms with Crippen LogP contribution in [0.4, 0.5) is 0 Å². The summed E-state index contributed by atoms with van der Waals surface area (Å²) in [6.45, 7) is 3.75. The summed E-state index contributed by atoms with van der Waals surface area (Å²) < 4.78 is 9.06. The number of fused-ring (bicyclic) bond motifs is 1. The second-order valence-corrected chi connectivity index (χ2v) is 5.39. The van der Waals surface area contributed by atoms with Gasteiger partial charge in [0, 0.05) is 35.3 Å². The van der Waals surface area contributed by atoms with E-state index in [1.807, 2.05) is 12.4 Å². The highest BCUT2D eigenvalue weighted by atomic mass is 79.9. The summed E-state index contributed by atoms with van der Waals surface area (Å²) >= 11 is 3.57. The Hall–Kier alpha value is -1.29. The molecule has 0 saturated carbocycles. The number of hydrogen-bond acceptors (Lipinski definition) is 2. The Morgan fingerprint density at radius 1 is 1.44 bits per heavy atom. The molecule has 1 aliphatic rings. The summed E-state index contributed by atoms with van der Waals surface area (Å²) in [7, 11) is 0. The van der Waals surface area contributed by atoms with E-state index in [2.05, 4.69) is 44.5 Å². The quantitative estimate of drug-likeness (QED) is 0.871. The van der Waals surface area contributed by atoms with E-state index >= 15 is 0 Å². The fourth-order valence-electron chi connectivity index (χ4n) is 2.45. The molecule has 4 heteroatoms. The predicted molar refractivity (Wildman–Crippen MR) is 74.0 cm³/mol. The van der Waals surface area contributed by atoms with Crippen molar-refractivity contribution in [3.63, 3.8) is 0 Å². The van der Waals surface area contributed by atoms with Crippen molar-refractivity contribution in [1.29, 1.82) is 0 Å². The van der Waals surface area contributed by atoms with Gasteiger partial charge in [0.2, 0.25) is 0 Å². The molecule has 0 atom stereocenters. The molecule has 0 saturated heterocycles. The van der Waals surface area contributed by atoms with Crippen molar-refractivity contribution in [2.75, 3.05) is 6.61 Å². The minimum absolute atomic E-state index is 0.795. The fraction of sp³-hybridized carbons (Fsp3) is 0.357. The maximum Gasteiger partial charge on any atom is 0.127 e. The molecular weight excluding hydrogens is 292 g/mol. The Balaban J connectivity index is 1.98. The molecule has 0 spiro atoms. The van der Waals surface area contributed by atoms with Gasteiger partial charge in [-0.3, -0.25) is 0 Å². The zero-order valence-corrected chi connectivity index (χ0v) is 11.9. The van der Waals surface area contributed by atoms with E-state index in [-0.39, 0.29) is 0 Å². The summed E-state index contributed by atoms with van der Waals surface area (Å²) in [6, 6.07) is 4.30. The van der Waals surface area contributed by atoms with Crippen molar-refractivity contribution < 1.29 is 4.74 Å². The summed E-state index contributed by atoms with van der Waals surface area (Å²) in [5.74, 6) is 2.18. The lowest BCUT2D eigenvalue weighted by Gasteiger charge is -2.11. The van der Waals surface area contributed by atoms with Crippen LogP contribution < -0.4 is 4.74 Å². The molecule has 18 heavy (non-hydrogen) atoms. The third kappa shape index (κ3) is 2.05. The first-order valence-corrected chi connectivity index (χ1v) is 7.01. The maximum atomic E-state index is 5.75. The van der Waals surface area contributed by atoms with Crippen molar-refractivity contribution in [1.82, 2.24) is 9.55 Å². The normalized spacial score (nSPS) is 13.4. The number of aryl methyl sites for hydroxylation is 1. The number of hydrogen-bond donors (Lipinski definition) is 0. The topological polar surface area (TPSA) is 27.1 Å². The Kier molecular flexibility index (Phi) is 3.12. The molecule has 1 aromatic heterocycles. The van der Waals surface area contributed by atoms with E-state index in [4.69, 9.17) is 4.74 Å². The smallest absolute Gasteiger partial charge is 0.127 e. The van der Waals surface area contributed by atoms with E-state index in [0.29, 0.717) is 0 Å². The van der Waals surface area contributed by atoms with Gasteiger partial charge in [-0.05, 0) is 17.7 Å². The van der Waals surface area contributed by atoms with Gasteiger partial charge in [0.25, 0.3) is 0 Å². The number of imidazole rings is 1. The first kappa shape index (κ1) is 11.8. The summed E-state index contributed by atoms with van der Waals surface area (Å²) in [5.41, 5.74) is 2.53. The second-order valence-electron chi connectivity index (χ2n) is 4.48. The highest BCUT2D eigenvalue weighted by molar-refractivity contribution is 9.10. The van der Waals surface area contributed by atoms with Crippen LogP contribution in [0.5, 0.6) is 5.75 Å². The van der Waals surface area contributed by atoms with Crippen LogP contribution in [0.15, 0.2) is 29.0 Å². The zero-order valence-electron chi connectivity index (χ0n) is 10.3. The maximum absolute atomic E-state index is 5.75. The van der Waals surface area contributed by atoms with Gasteiger partial charge in [-0.2, -0.15) is 0 Å². The largest absolute Gasteiger partial charge is 0.493 e. The van der Waals surface area contributed by atoms with Gasteiger partial charge in [-0.25, -0.2) is 4.98 Å². The van der Waals surface area contributed by atoms with E-state index in [0.717, 1.165) is 42.0 Å². The van der Waals surface area contributed by atoms with Crippen molar-refractivity contribution in [2.45, 2.75) is 26.3 Å². The van der Waals surface area contributed by atoms with Crippen LogP contribution in [-0.4, -0.2) is 16.2 Å². The third-order valence-corrected chi connectivity index (χ3v) is 3.74. The number of rotatable bonds is 3. The Morgan fingerprint density at radius 3 is 3.17 bits per heavy atom. The standard InChI is InChI=1S/C14H15BrN2O/c1-2-13-16-4-5-17(13)9-11-8-12(15)7-10-3-6-18-14(10)11/h4-5,7-8H,2-3,6,9H2,1H3. The van der Waals surface area contributed by atoms with Crippen molar-refractivity contribution in [3.05, 3.63) is 46.0 Å². The lowest BCUT2D eigenvalue weighted by Crippen LogP contribution is -2.04. The Bertz CT molecular complexity index is 577. The van der Waals surface area contributed by atoms with E-state index in [9.17, 15) is 0 Å². The first-order valence-electron chi connectivity index (χ1n) is 6.22. The fourth-order valence-corrected chi connectivity index (χ4v) is 3.00. The van der Waals surface area contributed by atoms with Gasteiger partial charge in [-0.1, -0.05) is 22.9 Å². The third-order valence-electron chi connectivity index (χ3n) is 3.28. The van der Waals surface area contributed by atoms with Crippen LogP contribution in [0.25, 0.3) is 0 Å². The van der Waals surface area contributed by atoms with Crippen molar-refractivity contribution in [2.24, 2.45) is 0 Å². The molecule has 3 rings (SSSR count). The molecule has 0 radical (unpaired) electrons. The zero-order chi connectivity index (χ0) is 12.5. The molecule has 3 nitrogen and oxygen atoms in total. The van der Waals surface area contributed by atoms with E-state index in [1.54, 1.807) is 0 Å². The highest BCUT2D eigenvalue weighted by Crippen LogP contribution is 2.33. The summed E-state index contributed by atoms with van der Waals surface area (Å²) in [4.78, 5) is 4.36. The predicted octanol–water partition coefficient (Wildman–Crippen LogP) is 3.19. The van der Waals surface area contributed by atoms with Crippen LogP contribution in [-0.2, 0) is 19.4 Å². The molecule has 94 valence electrons. The average molecular weight is 307 g/mol. The van der Waals surface area contributed by atoms with Gasteiger partial charge in [-0.15, -0.1) is 0 Å². The van der Waals surface area contributed by atoms with Crippen LogP contribution in [0.3, 0.4) is 0 Å². The van der Waals surface area contributed by atoms with Gasteiger partial charge in [0.1, 0.15) is 11.6 Å². The monoisotopic (exact) mass is 306 g/mol. The lowest BCUT2D eigenvalue weighted by molar-refractivity contribution is 0.352. The highest BCUT2D eigenvalue weighted by Gasteiger charge is 2.18.